The smallest absolute Gasteiger partial charge is 0.412 e. The molecule has 6 unspecified atom stereocenters. The standard InChI is InChI=1S/C60H80N4O13/c1-4-7-9-10-11-12-13-14-15-18-31-61-58(67)76-47-28-30-52-50(38-47)56-48(22-17-20-33-66)45(21-16-19-32-65)37-49-51(62-75-41-43-23-26-46(27-24-43)64(69)70)39-55(60(77-52,57(49)56)74-34-6-3)63(59(68)71-35-8-5-2)40-44-25-29-53-54(36-44)73-42-72-53/h5-6,23-30,36-38,45,48,55-57,65-66H,2-4,7-22,31-35,39-42H2,1H3,(H,61,67). The van der Waals surface area contributed by atoms with Gasteiger partial charge in [-0.15, -0.1) is 13.2 Å². The van der Waals surface area contributed by atoms with Gasteiger partial charge in [-0.1, -0.05) is 107 Å². The summed E-state index contributed by atoms with van der Waals surface area (Å²) in [5.41, 5.74) is 3.43. The van der Waals surface area contributed by atoms with Crippen LogP contribution in [0.25, 0.3) is 0 Å². The van der Waals surface area contributed by atoms with Crippen LogP contribution in [0.1, 0.15) is 145 Å². The number of allylic oxidation sites excluding steroid dienone is 1. The largest absolute Gasteiger partial charge is 0.459 e. The number of amides is 2. The van der Waals surface area contributed by atoms with Crippen molar-refractivity contribution in [2.75, 3.05) is 39.8 Å². The Balaban J connectivity index is 1.31. The van der Waals surface area contributed by atoms with E-state index in [0.29, 0.717) is 72.9 Å². The molecule has 1 saturated carbocycles. The molecule has 2 aliphatic carbocycles. The van der Waals surface area contributed by atoms with Gasteiger partial charge in [0.1, 0.15) is 24.1 Å². The number of aliphatic hydroxyl groups excluding tert-OH is 2. The zero-order valence-electron chi connectivity index (χ0n) is 44.9. The van der Waals surface area contributed by atoms with Gasteiger partial charge in [0.15, 0.2) is 11.5 Å². The number of nitro benzene ring substituents is 1. The Morgan fingerprint density at radius 1 is 0.857 bits per heavy atom. The number of carbonyl (C=O) groups excluding carboxylic acids is 2. The second-order valence-electron chi connectivity index (χ2n) is 20.5. The molecule has 17 nitrogen and oxygen atoms in total. The summed E-state index contributed by atoms with van der Waals surface area (Å²) in [6, 6.07) is 16.0. The van der Waals surface area contributed by atoms with Gasteiger partial charge >= 0.3 is 12.2 Å². The first kappa shape index (κ1) is 58.3. The Kier molecular flexibility index (Phi) is 22.6. The summed E-state index contributed by atoms with van der Waals surface area (Å²) >= 11 is 0. The lowest BCUT2D eigenvalue weighted by Gasteiger charge is -2.59. The van der Waals surface area contributed by atoms with Gasteiger partial charge in [-0.3, -0.25) is 15.0 Å². The van der Waals surface area contributed by atoms with Crippen molar-refractivity contribution in [1.82, 2.24) is 10.2 Å². The van der Waals surface area contributed by atoms with E-state index in [9.17, 15) is 29.9 Å². The van der Waals surface area contributed by atoms with Gasteiger partial charge in [0, 0.05) is 56.3 Å². The normalized spacial score (nSPS) is 21.2. The molecule has 4 aliphatic rings. The number of benzene rings is 3. The first-order valence-electron chi connectivity index (χ1n) is 28.0. The molecular weight excluding hydrogens is 985 g/mol. The third-order valence-corrected chi connectivity index (χ3v) is 15.2. The fourth-order valence-electron chi connectivity index (χ4n) is 11.4. The fourth-order valence-corrected chi connectivity index (χ4v) is 11.4. The maximum absolute atomic E-state index is 14.9. The van der Waals surface area contributed by atoms with E-state index in [1.165, 1.54) is 57.1 Å². The third-order valence-electron chi connectivity index (χ3n) is 15.2. The molecule has 2 aliphatic heterocycles. The van der Waals surface area contributed by atoms with Crippen LogP contribution in [0, 0.1) is 27.9 Å². The number of hydrogen-bond acceptors (Lipinski definition) is 14. The lowest BCUT2D eigenvalue weighted by molar-refractivity contribution is -0.384. The number of oxime groups is 1. The van der Waals surface area contributed by atoms with E-state index in [4.69, 9.17) is 38.4 Å². The number of non-ortho nitro benzene ring substituents is 1. The Bertz CT molecular complexity index is 2480. The van der Waals surface area contributed by atoms with E-state index in [1.54, 1.807) is 47.4 Å². The molecule has 0 spiro atoms. The molecular formula is C60H80N4O13. The van der Waals surface area contributed by atoms with Gasteiger partial charge in [-0.25, -0.2) is 9.59 Å². The maximum Gasteiger partial charge on any atom is 0.412 e. The van der Waals surface area contributed by atoms with E-state index in [0.717, 1.165) is 48.8 Å². The Morgan fingerprint density at radius 3 is 2.27 bits per heavy atom. The van der Waals surface area contributed by atoms with E-state index in [-0.39, 0.29) is 70.3 Å². The average molecular weight is 1070 g/mol. The van der Waals surface area contributed by atoms with Crippen molar-refractivity contribution in [3.63, 3.8) is 0 Å². The number of rotatable bonds is 33. The van der Waals surface area contributed by atoms with Crippen LogP contribution >= 0.6 is 0 Å². The zero-order chi connectivity index (χ0) is 54.4. The van der Waals surface area contributed by atoms with Crippen molar-refractivity contribution >= 4 is 23.6 Å². The van der Waals surface area contributed by atoms with Crippen LogP contribution in [0.2, 0.25) is 0 Å². The molecule has 3 aromatic rings. The Hall–Kier alpha value is -6.43. The summed E-state index contributed by atoms with van der Waals surface area (Å²) in [6.45, 7) is 10.8. The van der Waals surface area contributed by atoms with Gasteiger partial charge in [0.25, 0.3) is 5.69 Å². The number of aliphatic hydroxyl groups is 2. The van der Waals surface area contributed by atoms with Gasteiger partial charge in [-0.2, -0.15) is 0 Å². The molecule has 2 heterocycles. The third kappa shape index (κ3) is 15.4. The van der Waals surface area contributed by atoms with Crippen molar-refractivity contribution < 1.29 is 58.0 Å². The number of unbranched alkanes of at least 4 members (excludes halogenated alkanes) is 11. The predicted octanol–water partition coefficient (Wildman–Crippen LogP) is 12.4. The summed E-state index contributed by atoms with van der Waals surface area (Å²) in [6.07, 6.45) is 20.7. The highest BCUT2D eigenvalue weighted by Gasteiger charge is 2.66. The molecule has 0 saturated heterocycles. The van der Waals surface area contributed by atoms with Crippen LogP contribution in [0.5, 0.6) is 23.0 Å². The molecule has 2 amide bonds. The average Bonchev–Trinajstić information content (AvgIpc) is 3.94. The van der Waals surface area contributed by atoms with Gasteiger partial charge in [-0.05, 0) is 110 Å². The number of ether oxygens (including phenoxy) is 6. The van der Waals surface area contributed by atoms with Crippen LogP contribution in [0.4, 0.5) is 15.3 Å². The quantitative estimate of drug-likeness (QED) is 0.0225. The number of nitrogens with one attached hydrogen (secondary N) is 1. The number of fused-ring (bicyclic) bond motifs is 3. The minimum atomic E-state index is -1.62. The zero-order valence-corrected chi connectivity index (χ0v) is 44.9. The summed E-state index contributed by atoms with van der Waals surface area (Å²) < 4.78 is 38.1. The SMILES string of the molecule is C=CCCOC(=O)N(Cc1ccc2c(c1)OCO2)C1CC(=NOCc2ccc([N+](=O)[O-])cc2)C2=CC(CCCCO)C(CCCCO)C3c4cc(OC(=O)NCCCCCCCCCCCC)ccc4OC1(OCC=C)C23. The molecule has 6 atom stereocenters. The van der Waals surface area contributed by atoms with Crippen LogP contribution in [0.15, 0.2) is 103 Å². The highest BCUT2D eigenvalue weighted by molar-refractivity contribution is 6.03. The topological polar surface area (TPSA) is 210 Å². The molecule has 7 rings (SSSR count). The van der Waals surface area contributed by atoms with Gasteiger partial charge < -0.3 is 48.8 Å². The van der Waals surface area contributed by atoms with Crippen molar-refractivity contribution in [2.45, 2.75) is 153 Å². The number of nitrogens with zero attached hydrogens (tertiary/aromatic N) is 3. The van der Waals surface area contributed by atoms with Crippen LogP contribution in [-0.2, 0) is 27.5 Å². The minimum absolute atomic E-state index is 0.0127. The van der Waals surface area contributed by atoms with Crippen molar-refractivity contribution in [3.8, 4) is 23.0 Å². The molecule has 77 heavy (non-hydrogen) atoms. The molecule has 3 N–H and O–H groups in total. The van der Waals surface area contributed by atoms with Crippen LogP contribution in [0.3, 0.4) is 0 Å². The highest BCUT2D eigenvalue weighted by Crippen LogP contribution is 2.62. The lowest BCUT2D eigenvalue weighted by atomic mass is 9.55. The van der Waals surface area contributed by atoms with Gasteiger partial charge in [0.2, 0.25) is 12.6 Å². The molecule has 418 valence electrons. The maximum atomic E-state index is 14.9. The number of hydrogen-bond donors (Lipinski definition) is 3. The second-order valence-corrected chi connectivity index (χ2v) is 20.5. The minimum Gasteiger partial charge on any atom is -0.459 e. The molecule has 1 fully saturated rings. The summed E-state index contributed by atoms with van der Waals surface area (Å²) in [7, 11) is 0. The van der Waals surface area contributed by atoms with Crippen molar-refractivity contribution in [3.05, 3.63) is 124 Å². The van der Waals surface area contributed by atoms with E-state index in [2.05, 4.69) is 31.5 Å². The molecule has 0 bridgehead atoms. The number of carbonyl (C=O) groups is 2. The number of nitro groups is 1. The Labute approximate surface area is 453 Å². The summed E-state index contributed by atoms with van der Waals surface area (Å²) in [4.78, 5) is 47.3. The molecule has 0 aromatic heterocycles. The van der Waals surface area contributed by atoms with Gasteiger partial charge in [0.05, 0.1) is 29.8 Å². The monoisotopic (exact) mass is 1060 g/mol. The first-order valence-corrected chi connectivity index (χ1v) is 28.0. The van der Waals surface area contributed by atoms with Crippen molar-refractivity contribution in [2.24, 2.45) is 22.9 Å². The molecule has 3 aromatic carbocycles. The predicted molar refractivity (Wildman–Crippen MR) is 293 cm³/mol. The molecule has 0 radical (unpaired) electrons. The fraction of sp³-hybridized carbons (Fsp3) is 0.550. The van der Waals surface area contributed by atoms with E-state index < -0.39 is 40.8 Å². The molecule has 17 heteroatoms. The lowest BCUT2D eigenvalue weighted by Crippen LogP contribution is -2.70. The Morgan fingerprint density at radius 2 is 1.56 bits per heavy atom. The summed E-state index contributed by atoms with van der Waals surface area (Å²) in [5, 5.41) is 39.5. The highest BCUT2D eigenvalue weighted by atomic mass is 16.7. The second kappa shape index (κ2) is 29.9. The van der Waals surface area contributed by atoms with Crippen molar-refractivity contribution in [1.29, 1.82) is 0 Å². The summed E-state index contributed by atoms with van der Waals surface area (Å²) in [5.74, 6) is -0.950. The van der Waals surface area contributed by atoms with E-state index in [1.807, 2.05) is 18.2 Å². The van der Waals surface area contributed by atoms with Crippen LogP contribution in [-0.4, -0.2) is 89.5 Å². The van der Waals surface area contributed by atoms with E-state index >= 15 is 0 Å². The van der Waals surface area contributed by atoms with Crippen LogP contribution < -0.4 is 24.3 Å². The first-order chi connectivity index (χ1) is 37.6.